The Balaban J connectivity index is 1.69. The van der Waals surface area contributed by atoms with Gasteiger partial charge < -0.3 is 10.1 Å². The molecule has 3 amide bonds. The molecule has 5 heteroatoms. The molecule has 3 aliphatic rings. The van der Waals surface area contributed by atoms with E-state index in [-0.39, 0.29) is 18.0 Å². The lowest BCUT2D eigenvalue weighted by atomic mass is 9.77. The molecule has 0 aromatic carbocycles. The molecule has 2 aliphatic heterocycles. The summed E-state index contributed by atoms with van der Waals surface area (Å²) in [5.41, 5.74) is -0.609. The number of nitrogens with one attached hydrogen (secondary N) is 1. The van der Waals surface area contributed by atoms with Crippen molar-refractivity contribution in [3.8, 4) is 0 Å². The van der Waals surface area contributed by atoms with E-state index in [4.69, 9.17) is 4.74 Å². The maximum absolute atomic E-state index is 12.6. The Morgan fingerprint density at radius 1 is 1.32 bits per heavy atom. The van der Waals surface area contributed by atoms with E-state index >= 15 is 0 Å². The fourth-order valence-corrected chi connectivity index (χ4v) is 3.43. The van der Waals surface area contributed by atoms with E-state index in [2.05, 4.69) is 12.2 Å². The summed E-state index contributed by atoms with van der Waals surface area (Å²) in [7, 11) is 0. The number of ether oxygens (including phenoxy) is 1. The van der Waals surface area contributed by atoms with Crippen LogP contribution in [0.3, 0.4) is 0 Å². The molecule has 0 bridgehead atoms. The lowest BCUT2D eigenvalue weighted by Crippen LogP contribution is -2.49. The van der Waals surface area contributed by atoms with Crippen LogP contribution in [0.4, 0.5) is 4.79 Å². The second-order valence-electron chi connectivity index (χ2n) is 6.25. The Morgan fingerprint density at radius 2 is 2.05 bits per heavy atom. The molecule has 0 aromatic rings. The first-order chi connectivity index (χ1) is 9.11. The standard InChI is InChI=1S/C14H22N2O3/c1-10-4-6-14(7-5-10)12(17)16(13(18)15-14)9-11-3-2-8-19-11/h10-11H,2-9H2,1H3,(H,15,18)/t10?,11-,14?/m1/s1. The molecule has 1 saturated carbocycles. The summed E-state index contributed by atoms with van der Waals surface area (Å²) in [5, 5.41) is 2.95. The molecule has 5 nitrogen and oxygen atoms in total. The van der Waals surface area contributed by atoms with Gasteiger partial charge in [-0.05, 0) is 44.4 Å². The summed E-state index contributed by atoms with van der Waals surface area (Å²) in [6.45, 7) is 3.37. The normalized spacial score (nSPS) is 39.1. The van der Waals surface area contributed by atoms with Gasteiger partial charge >= 0.3 is 6.03 Å². The molecule has 1 N–H and O–H groups in total. The maximum atomic E-state index is 12.6. The largest absolute Gasteiger partial charge is 0.376 e. The smallest absolute Gasteiger partial charge is 0.325 e. The summed E-state index contributed by atoms with van der Waals surface area (Å²) in [6, 6.07) is -0.227. The highest BCUT2D eigenvalue weighted by Crippen LogP contribution is 2.36. The van der Waals surface area contributed by atoms with Crippen LogP contribution < -0.4 is 5.32 Å². The van der Waals surface area contributed by atoms with Crippen molar-refractivity contribution in [2.75, 3.05) is 13.2 Å². The summed E-state index contributed by atoms with van der Waals surface area (Å²) in [5.74, 6) is 0.627. The van der Waals surface area contributed by atoms with Gasteiger partial charge in [-0.2, -0.15) is 0 Å². The first-order valence-corrected chi connectivity index (χ1v) is 7.36. The van der Waals surface area contributed by atoms with E-state index in [9.17, 15) is 9.59 Å². The van der Waals surface area contributed by atoms with E-state index in [1.807, 2.05) is 0 Å². The molecule has 0 unspecified atom stereocenters. The molecule has 2 heterocycles. The van der Waals surface area contributed by atoms with Crippen molar-refractivity contribution in [3.05, 3.63) is 0 Å². The van der Waals surface area contributed by atoms with Gasteiger partial charge in [0.25, 0.3) is 5.91 Å². The van der Waals surface area contributed by atoms with Crippen LogP contribution in [0.5, 0.6) is 0 Å². The number of nitrogens with zero attached hydrogens (tertiary/aromatic N) is 1. The van der Waals surface area contributed by atoms with Crippen molar-refractivity contribution in [1.29, 1.82) is 0 Å². The van der Waals surface area contributed by atoms with Crippen LogP contribution in [-0.4, -0.2) is 41.6 Å². The molecule has 3 rings (SSSR count). The van der Waals surface area contributed by atoms with E-state index in [0.29, 0.717) is 12.5 Å². The number of imide groups is 1. The van der Waals surface area contributed by atoms with Gasteiger partial charge in [0.05, 0.1) is 12.6 Å². The second-order valence-corrected chi connectivity index (χ2v) is 6.25. The fourth-order valence-electron chi connectivity index (χ4n) is 3.43. The number of carbonyl (C=O) groups excluding carboxylic acids is 2. The minimum atomic E-state index is -0.609. The van der Waals surface area contributed by atoms with Gasteiger partial charge in [0, 0.05) is 6.61 Å². The minimum Gasteiger partial charge on any atom is -0.376 e. The summed E-state index contributed by atoms with van der Waals surface area (Å²) < 4.78 is 5.53. The van der Waals surface area contributed by atoms with Gasteiger partial charge in [0.15, 0.2) is 0 Å². The van der Waals surface area contributed by atoms with Crippen LogP contribution in [0.15, 0.2) is 0 Å². The summed E-state index contributed by atoms with van der Waals surface area (Å²) in [4.78, 5) is 26.0. The van der Waals surface area contributed by atoms with E-state index in [1.54, 1.807) is 0 Å². The van der Waals surface area contributed by atoms with Crippen molar-refractivity contribution >= 4 is 11.9 Å². The van der Waals surface area contributed by atoms with Gasteiger partial charge in [-0.25, -0.2) is 4.79 Å². The Kier molecular flexibility index (Phi) is 3.25. The molecule has 1 spiro atoms. The van der Waals surface area contributed by atoms with Crippen LogP contribution in [0, 0.1) is 5.92 Å². The third-order valence-corrected chi connectivity index (χ3v) is 4.78. The molecule has 1 aliphatic carbocycles. The molecule has 2 saturated heterocycles. The topological polar surface area (TPSA) is 58.6 Å². The third kappa shape index (κ3) is 2.24. The number of amides is 3. The Hall–Kier alpha value is -1.10. The monoisotopic (exact) mass is 266 g/mol. The van der Waals surface area contributed by atoms with Crippen molar-refractivity contribution in [2.45, 2.75) is 57.1 Å². The Morgan fingerprint density at radius 3 is 2.68 bits per heavy atom. The third-order valence-electron chi connectivity index (χ3n) is 4.78. The fraction of sp³-hybridized carbons (Fsp3) is 0.857. The number of carbonyl (C=O) groups is 2. The van der Waals surface area contributed by atoms with Crippen molar-refractivity contribution in [1.82, 2.24) is 10.2 Å². The highest BCUT2D eigenvalue weighted by Gasteiger charge is 2.52. The Bertz CT molecular complexity index is 382. The zero-order chi connectivity index (χ0) is 13.5. The van der Waals surface area contributed by atoms with E-state index < -0.39 is 5.54 Å². The zero-order valence-electron chi connectivity index (χ0n) is 11.5. The first kappa shape index (κ1) is 12.9. The molecule has 106 valence electrons. The summed E-state index contributed by atoms with van der Waals surface area (Å²) >= 11 is 0. The van der Waals surface area contributed by atoms with Crippen molar-refractivity contribution < 1.29 is 14.3 Å². The van der Waals surface area contributed by atoms with Gasteiger partial charge in [-0.3, -0.25) is 9.69 Å². The second kappa shape index (κ2) is 4.78. The number of hydrogen-bond acceptors (Lipinski definition) is 3. The lowest BCUT2D eigenvalue weighted by Gasteiger charge is -2.33. The molecule has 19 heavy (non-hydrogen) atoms. The minimum absolute atomic E-state index is 0.0279. The molecular weight excluding hydrogens is 244 g/mol. The zero-order valence-corrected chi connectivity index (χ0v) is 11.5. The number of urea groups is 1. The molecule has 0 radical (unpaired) electrons. The van der Waals surface area contributed by atoms with Crippen LogP contribution in [0.25, 0.3) is 0 Å². The molecule has 0 aromatic heterocycles. The highest BCUT2D eigenvalue weighted by molar-refractivity contribution is 6.07. The van der Waals surface area contributed by atoms with E-state index in [1.165, 1.54) is 4.90 Å². The van der Waals surface area contributed by atoms with Crippen LogP contribution in [0.1, 0.15) is 45.4 Å². The lowest BCUT2D eigenvalue weighted by molar-refractivity contribution is -0.133. The van der Waals surface area contributed by atoms with Crippen LogP contribution in [0.2, 0.25) is 0 Å². The SMILES string of the molecule is CC1CCC2(CC1)NC(=O)N(C[C@H]1CCCO1)C2=O. The highest BCUT2D eigenvalue weighted by atomic mass is 16.5. The van der Waals surface area contributed by atoms with Crippen LogP contribution in [-0.2, 0) is 9.53 Å². The van der Waals surface area contributed by atoms with Gasteiger partial charge in [-0.15, -0.1) is 0 Å². The summed E-state index contributed by atoms with van der Waals surface area (Å²) in [6.07, 6.45) is 5.59. The molecule has 1 atom stereocenters. The quantitative estimate of drug-likeness (QED) is 0.773. The Labute approximate surface area is 113 Å². The number of hydrogen-bond donors (Lipinski definition) is 1. The average molecular weight is 266 g/mol. The molecule has 3 fully saturated rings. The van der Waals surface area contributed by atoms with Crippen LogP contribution >= 0.6 is 0 Å². The first-order valence-electron chi connectivity index (χ1n) is 7.36. The van der Waals surface area contributed by atoms with Gasteiger partial charge in [-0.1, -0.05) is 6.92 Å². The predicted molar refractivity (Wildman–Crippen MR) is 69.6 cm³/mol. The average Bonchev–Trinajstić information content (AvgIpc) is 2.97. The van der Waals surface area contributed by atoms with Crippen molar-refractivity contribution in [2.24, 2.45) is 5.92 Å². The van der Waals surface area contributed by atoms with E-state index in [0.717, 1.165) is 45.1 Å². The maximum Gasteiger partial charge on any atom is 0.325 e. The predicted octanol–water partition coefficient (Wildman–Crippen LogP) is 1.67. The number of rotatable bonds is 2. The molecular formula is C14H22N2O3. The van der Waals surface area contributed by atoms with Crippen molar-refractivity contribution in [3.63, 3.8) is 0 Å². The van der Waals surface area contributed by atoms with Gasteiger partial charge in [0.1, 0.15) is 5.54 Å². The van der Waals surface area contributed by atoms with Gasteiger partial charge in [0.2, 0.25) is 0 Å².